The molecule has 1 aromatic rings. The summed E-state index contributed by atoms with van der Waals surface area (Å²) in [5.41, 5.74) is 6.18. The minimum Gasteiger partial charge on any atom is -0.368 e. The molecule has 0 spiro atoms. The van der Waals surface area contributed by atoms with E-state index < -0.39 is 5.91 Å². The van der Waals surface area contributed by atoms with E-state index in [4.69, 9.17) is 5.73 Å². The van der Waals surface area contributed by atoms with Crippen molar-refractivity contribution in [3.63, 3.8) is 0 Å². The largest absolute Gasteiger partial charge is 0.368 e. The molecule has 4 nitrogen and oxygen atoms in total. The third-order valence-corrected chi connectivity index (χ3v) is 4.01. The Morgan fingerprint density at radius 2 is 1.95 bits per heavy atom. The van der Waals surface area contributed by atoms with E-state index in [-0.39, 0.29) is 24.3 Å². The van der Waals surface area contributed by atoms with Crippen LogP contribution in [0.15, 0.2) is 30.3 Å². The summed E-state index contributed by atoms with van der Waals surface area (Å²) in [6.07, 6.45) is 5.24. The van der Waals surface area contributed by atoms with Crippen molar-refractivity contribution >= 4 is 17.4 Å². The van der Waals surface area contributed by atoms with Gasteiger partial charge in [-0.25, -0.2) is 4.39 Å². The number of halogens is 1. The molecule has 5 heteroatoms. The van der Waals surface area contributed by atoms with Crippen LogP contribution in [0.4, 0.5) is 4.39 Å². The van der Waals surface area contributed by atoms with Crippen LogP contribution in [0.1, 0.15) is 38.2 Å². The van der Waals surface area contributed by atoms with Crippen LogP contribution in [0.3, 0.4) is 0 Å². The molecule has 1 fully saturated rings. The molecule has 0 aliphatic heterocycles. The first kappa shape index (κ1) is 16.2. The zero-order valence-corrected chi connectivity index (χ0v) is 12.7. The van der Waals surface area contributed by atoms with Crippen molar-refractivity contribution in [1.29, 1.82) is 0 Å². The van der Waals surface area contributed by atoms with E-state index in [1.807, 2.05) is 0 Å². The maximum Gasteiger partial charge on any atom is 0.247 e. The van der Waals surface area contributed by atoms with Gasteiger partial charge in [-0.2, -0.15) is 0 Å². The van der Waals surface area contributed by atoms with Crippen LogP contribution in [0.25, 0.3) is 5.57 Å². The molecule has 0 radical (unpaired) electrons. The standard InChI is InChI=1S/C17H21FN2O2/c1-12(14-8-4-5-9-15(14)18)10-17(22)20(11-16(19)21)13-6-2-3-7-13/h4-5,8-10,13H,2-3,6-7,11H2,1H3,(H2,19,21)/b12-10+. The number of rotatable bonds is 5. The average molecular weight is 304 g/mol. The lowest BCUT2D eigenvalue weighted by atomic mass is 10.1. The predicted molar refractivity (Wildman–Crippen MR) is 83.2 cm³/mol. The molecule has 1 aromatic carbocycles. The summed E-state index contributed by atoms with van der Waals surface area (Å²) in [5, 5.41) is 0. The van der Waals surface area contributed by atoms with Gasteiger partial charge in [0, 0.05) is 17.7 Å². The summed E-state index contributed by atoms with van der Waals surface area (Å²) in [5.74, 6) is -1.19. The SMILES string of the molecule is C/C(=C\C(=O)N(CC(N)=O)C1CCCC1)c1ccccc1F. The van der Waals surface area contributed by atoms with Gasteiger partial charge in [-0.3, -0.25) is 9.59 Å². The Labute approximate surface area is 129 Å². The zero-order chi connectivity index (χ0) is 16.1. The minimum absolute atomic E-state index is 0.0460. The van der Waals surface area contributed by atoms with Crippen molar-refractivity contribution in [2.24, 2.45) is 5.73 Å². The lowest BCUT2D eigenvalue weighted by Gasteiger charge is -2.26. The smallest absolute Gasteiger partial charge is 0.247 e. The van der Waals surface area contributed by atoms with Crippen LogP contribution in [-0.2, 0) is 9.59 Å². The number of hydrogen-bond acceptors (Lipinski definition) is 2. The highest BCUT2D eigenvalue weighted by Crippen LogP contribution is 2.24. The molecule has 1 aliphatic rings. The molecule has 0 heterocycles. The first-order valence-corrected chi connectivity index (χ1v) is 7.51. The van der Waals surface area contributed by atoms with Gasteiger partial charge >= 0.3 is 0 Å². The Morgan fingerprint density at radius 3 is 2.55 bits per heavy atom. The lowest BCUT2D eigenvalue weighted by Crippen LogP contribution is -2.43. The van der Waals surface area contributed by atoms with E-state index in [0.29, 0.717) is 11.1 Å². The van der Waals surface area contributed by atoms with Crippen LogP contribution in [0, 0.1) is 5.82 Å². The van der Waals surface area contributed by atoms with Crippen molar-refractivity contribution in [2.75, 3.05) is 6.54 Å². The number of primary amides is 1. The second kappa shape index (κ2) is 7.20. The van der Waals surface area contributed by atoms with Crippen LogP contribution >= 0.6 is 0 Å². The van der Waals surface area contributed by atoms with Crippen LogP contribution < -0.4 is 5.73 Å². The monoisotopic (exact) mass is 304 g/mol. The summed E-state index contributed by atoms with van der Waals surface area (Å²) in [6.45, 7) is 1.60. The molecular weight excluding hydrogens is 283 g/mol. The highest BCUT2D eigenvalue weighted by molar-refractivity contribution is 5.97. The van der Waals surface area contributed by atoms with Gasteiger partial charge in [-0.05, 0) is 31.4 Å². The Hall–Kier alpha value is -2.17. The van der Waals surface area contributed by atoms with E-state index in [1.165, 1.54) is 17.0 Å². The summed E-state index contributed by atoms with van der Waals surface area (Å²) in [4.78, 5) is 25.2. The normalized spacial score (nSPS) is 15.8. The van der Waals surface area contributed by atoms with Crippen molar-refractivity contribution in [3.05, 3.63) is 41.7 Å². The van der Waals surface area contributed by atoms with Gasteiger partial charge in [0.2, 0.25) is 11.8 Å². The molecule has 1 aliphatic carbocycles. The van der Waals surface area contributed by atoms with Crippen molar-refractivity contribution in [2.45, 2.75) is 38.6 Å². The van der Waals surface area contributed by atoms with Gasteiger partial charge in [0.25, 0.3) is 0 Å². The number of carbonyl (C=O) groups excluding carboxylic acids is 2. The van der Waals surface area contributed by atoms with E-state index in [9.17, 15) is 14.0 Å². The maximum atomic E-state index is 13.8. The minimum atomic E-state index is -0.530. The molecule has 2 rings (SSSR count). The van der Waals surface area contributed by atoms with E-state index in [2.05, 4.69) is 0 Å². The molecule has 22 heavy (non-hydrogen) atoms. The number of carbonyl (C=O) groups is 2. The summed E-state index contributed by atoms with van der Waals surface area (Å²) in [7, 11) is 0. The fourth-order valence-electron chi connectivity index (χ4n) is 2.90. The van der Waals surface area contributed by atoms with Crippen LogP contribution in [0.2, 0.25) is 0 Å². The van der Waals surface area contributed by atoms with Crippen molar-refractivity contribution < 1.29 is 14.0 Å². The number of amides is 2. The fraction of sp³-hybridized carbons (Fsp3) is 0.412. The fourth-order valence-corrected chi connectivity index (χ4v) is 2.90. The number of allylic oxidation sites excluding steroid dienone is 1. The molecule has 0 aromatic heterocycles. The Bertz CT molecular complexity index is 592. The number of hydrogen-bond donors (Lipinski definition) is 1. The molecule has 0 bridgehead atoms. The average Bonchev–Trinajstić information content (AvgIpc) is 2.98. The van der Waals surface area contributed by atoms with Gasteiger partial charge in [-0.15, -0.1) is 0 Å². The second-order valence-corrected chi connectivity index (χ2v) is 5.68. The summed E-state index contributed by atoms with van der Waals surface area (Å²) < 4.78 is 13.8. The maximum absolute atomic E-state index is 13.8. The molecule has 118 valence electrons. The number of nitrogens with two attached hydrogens (primary N) is 1. The van der Waals surface area contributed by atoms with E-state index in [0.717, 1.165) is 25.7 Å². The van der Waals surface area contributed by atoms with Crippen molar-refractivity contribution in [1.82, 2.24) is 4.90 Å². The topological polar surface area (TPSA) is 63.4 Å². The van der Waals surface area contributed by atoms with Crippen molar-refractivity contribution in [3.8, 4) is 0 Å². The van der Waals surface area contributed by atoms with Gasteiger partial charge in [0.05, 0.1) is 6.54 Å². The summed E-state index contributed by atoms with van der Waals surface area (Å²) in [6, 6.07) is 6.35. The highest BCUT2D eigenvalue weighted by Gasteiger charge is 2.26. The molecule has 2 amide bonds. The second-order valence-electron chi connectivity index (χ2n) is 5.68. The van der Waals surface area contributed by atoms with E-state index in [1.54, 1.807) is 25.1 Å². The predicted octanol–water partition coefficient (Wildman–Crippen LogP) is 2.49. The zero-order valence-electron chi connectivity index (χ0n) is 12.7. The van der Waals surface area contributed by atoms with Gasteiger partial charge in [0.1, 0.15) is 5.82 Å². The van der Waals surface area contributed by atoms with Gasteiger partial charge in [0.15, 0.2) is 0 Å². The third-order valence-electron chi connectivity index (χ3n) is 4.01. The quantitative estimate of drug-likeness (QED) is 0.849. The molecule has 2 N–H and O–H groups in total. The third kappa shape index (κ3) is 3.93. The van der Waals surface area contributed by atoms with E-state index >= 15 is 0 Å². The molecule has 0 saturated heterocycles. The highest BCUT2D eigenvalue weighted by atomic mass is 19.1. The molecule has 1 saturated carbocycles. The Balaban J connectivity index is 2.21. The molecule has 0 atom stereocenters. The van der Waals surface area contributed by atoms with Gasteiger partial charge in [-0.1, -0.05) is 31.0 Å². The van der Waals surface area contributed by atoms with Crippen LogP contribution in [0.5, 0.6) is 0 Å². The molecular formula is C17H21FN2O2. The lowest BCUT2D eigenvalue weighted by molar-refractivity contribution is -0.133. The van der Waals surface area contributed by atoms with Crippen LogP contribution in [-0.4, -0.2) is 29.3 Å². The Kier molecular flexibility index (Phi) is 5.31. The number of nitrogens with zero attached hydrogens (tertiary/aromatic N) is 1. The first-order valence-electron chi connectivity index (χ1n) is 7.51. The Morgan fingerprint density at radius 1 is 1.32 bits per heavy atom. The van der Waals surface area contributed by atoms with Gasteiger partial charge < -0.3 is 10.6 Å². The number of benzene rings is 1. The molecule has 0 unspecified atom stereocenters. The summed E-state index contributed by atoms with van der Waals surface area (Å²) >= 11 is 0. The first-order chi connectivity index (χ1) is 10.5.